The van der Waals surface area contributed by atoms with Crippen LogP contribution in [0.4, 0.5) is 0 Å². The molecule has 1 fully saturated rings. The Morgan fingerprint density at radius 1 is 1.53 bits per heavy atom. The molecule has 5 heteroatoms. The number of amides is 1. The second kappa shape index (κ2) is 6.63. The van der Waals surface area contributed by atoms with Gasteiger partial charge in [0.25, 0.3) is 0 Å². The van der Waals surface area contributed by atoms with Gasteiger partial charge in [-0.15, -0.1) is 0 Å². The maximum atomic E-state index is 11.9. The average molecular weight is 262 g/mol. The number of hydrogen-bond donors (Lipinski definition) is 2. The topological polar surface area (TPSA) is 71.2 Å². The number of piperidine rings is 1. The Kier molecular flexibility index (Phi) is 4.87. The minimum Gasteiger partial charge on any atom is -0.351 e. The van der Waals surface area contributed by atoms with Gasteiger partial charge in [0.05, 0.1) is 6.54 Å². The van der Waals surface area contributed by atoms with E-state index in [-0.39, 0.29) is 5.91 Å². The lowest BCUT2D eigenvalue weighted by Gasteiger charge is -2.29. The highest BCUT2D eigenvalue weighted by Crippen LogP contribution is 2.08. The van der Waals surface area contributed by atoms with Crippen molar-refractivity contribution >= 4 is 5.91 Å². The van der Waals surface area contributed by atoms with E-state index in [2.05, 4.69) is 15.2 Å². The molecule has 0 spiro atoms. The molecule has 1 aromatic rings. The number of carbonyl (C=O) groups excluding carboxylic acids is 1. The number of nitrogens with zero attached hydrogens (tertiary/aromatic N) is 2. The van der Waals surface area contributed by atoms with Gasteiger partial charge in [-0.2, -0.15) is 0 Å². The number of hydrogen-bond acceptors (Lipinski definition) is 4. The Morgan fingerprint density at radius 2 is 2.26 bits per heavy atom. The van der Waals surface area contributed by atoms with Gasteiger partial charge in [-0.1, -0.05) is 0 Å². The van der Waals surface area contributed by atoms with Crippen LogP contribution < -0.4 is 11.1 Å². The lowest BCUT2D eigenvalue weighted by molar-refractivity contribution is -0.122. The molecule has 1 aliphatic heterocycles. The second-order valence-corrected chi connectivity index (χ2v) is 5.19. The van der Waals surface area contributed by atoms with Crippen LogP contribution in [0.25, 0.3) is 0 Å². The SMILES string of the molecule is Cc1cnccc1CNC(=O)CN1CCC(N)CC1. The molecule has 0 aromatic carbocycles. The Balaban J connectivity index is 1.74. The van der Waals surface area contributed by atoms with Crippen molar-refractivity contribution in [1.82, 2.24) is 15.2 Å². The maximum Gasteiger partial charge on any atom is 0.234 e. The molecule has 2 rings (SSSR count). The Labute approximate surface area is 114 Å². The predicted octanol–water partition coefficient (Wildman–Crippen LogP) is 0.429. The molecule has 19 heavy (non-hydrogen) atoms. The summed E-state index contributed by atoms with van der Waals surface area (Å²) < 4.78 is 0. The van der Waals surface area contributed by atoms with Gasteiger partial charge in [0, 0.05) is 38.1 Å². The normalized spacial score (nSPS) is 17.4. The standard InChI is InChI=1S/C14H22N4O/c1-11-8-16-5-2-12(11)9-17-14(19)10-18-6-3-13(15)4-7-18/h2,5,8,13H,3-4,6-7,9-10,15H2,1H3,(H,17,19). The van der Waals surface area contributed by atoms with Crippen molar-refractivity contribution in [3.8, 4) is 0 Å². The van der Waals surface area contributed by atoms with Gasteiger partial charge in [-0.25, -0.2) is 0 Å². The summed E-state index contributed by atoms with van der Waals surface area (Å²) in [5, 5.41) is 2.96. The summed E-state index contributed by atoms with van der Waals surface area (Å²) in [5.41, 5.74) is 8.06. The molecule has 0 aliphatic carbocycles. The molecule has 0 saturated carbocycles. The third-order valence-corrected chi connectivity index (χ3v) is 3.61. The zero-order valence-electron chi connectivity index (χ0n) is 11.4. The van der Waals surface area contributed by atoms with E-state index in [1.165, 1.54) is 0 Å². The molecular weight excluding hydrogens is 240 g/mol. The summed E-state index contributed by atoms with van der Waals surface area (Å²) in [6.45, 7) is 4.88. The maximum absolute atomic E-state index is 11.9. The van der Waals surface area contributed by atoms with Gasteiger partial charge in [-0.3, -0.25) is 14.7 Å². The van der Waals surface area contributed by atoms with Crippen molar-refractivity contribution in [2.24, 2.45) is 5.73 Å². The van der Waals surface area contributed by atoms with Crippen LogP contribution in [0.2, 0.25) is 0 Å². The molecule has 0 bridgehead atoms. The van der Waals surface area contributed by atoms with Crippen molar-refractivity contribution in [3.63, 3.8) is 0 Å². The van der Waals surface area contributed by atoms with Gasteiger partial charge in [0.1, 0.15) is 0 Å². The summed E-state index contributed by atoms with van der Waals surface area (Å²) in [5.74, 6) is 0.0756. The number of pyridine rings is 1. The lowest BCUT2D eigenvalue weighted by atomic mass is 10.1. The lowest BCUT2D eigenvalue weighted by Crippen LogP contribution is -2.44. The van der Waals surface area contributed by atoms with Crippen molar-refractivity contribution in [1.29, 1.82) is 0 Å². The van der Waals surface area contributed by atoms with Crippen LogP contribution in [0.3, 0.4) is 0 Å². The number of nitrogens with two attached hydrogens (primary N) is 1. The van der Waals surface area contributed by atoms with Gasteiger partial charge in [-0.05, 0) is 37.0 Å². The first-order valence-electron chi connectivity index (χ1n) is 6.79. The number of carbonyl (C=O) groups is 1. The first-order chi connectivity index (χ1) is 9.15. The van der Waals surface area contributed by atoms with Crippen LogP contribution in [-0.4, -0.2) is 41.5 Å². The molecular formula is C14H22N4O. The molecule has 1 aliphatic rings. The molecule has 1 amide bonds. The van der Waals surface area contributed by atoms with Crippen LogP contribution in [0.1, 0.15) is 24.0 Å². The smallest absolute Gasteiger partial charge is 0.234 e. The van der Waals surface area contributed by atoms with Crippen molar-refractivity contribution in [2.75, 3.05) is 19.6 Å². The third-order valence-electron chi connectivity index (χ3n) is 3.61. The van der Waals surface area contributed by atoms with E-state index in [9.17, 15) is 4.79 Å². The number of rotatable bonds is 4. The fourth-order valence-electron chi connectivity index (χ4n) is 2.26. The zero-order chi connectivity index (χ0) is 13.7. The van der Waals surface area contributed by atoms with Gasteiger partial charge in [0.15, 0.2) is 0 Å². The molecule has 5 nitrogen and oxygen atoms in total. The number of aromatic nitrogens is 1. The van der Waals surface area contributed by atoms with E-state index in [1.54, 1.807) is 6.20 Å². The first-order valence-corrected chi connectivity index (χ1v) is 6.79. The first kappa shape index (κ1) is 14.0. The Bertz CT molecular complexity index is 427. The minimum absolute atomic E-state index is 0.0756. The summed E-state index contributed by atoms with van der Waals surface area (Å²) in [6, 6.07) is 2.24. The van der Waals surface area contributed by atoms with E-state index in [1.807, 2.05) is 19.2 Å². The van der Waals surface area contributed by atoms with Crippen molar-refractivity contribution in [3.05, 3.63) is 29.6 Å². The fourth-order valence-corrected chi connectivity index (χ4v) is 2.26. The minimum atomic E-state index is 0.0756. The molecule has 0 radical (unpaired) electrons. The van der Waals surface area contributed by atoms with Crippen LogP contribution in [0.5, 0.6) is 0 Å². The van der Waals surface area contributed by atoms with Crippen LogP contribution in [0, 0.1) is 6.92 Å². The monoisotopic (exact) mass is 262 g/mol. The number of likely N-dealkylation sites (tertiary alicyclic amines) is 1. The predicted molar refractivity (Wildman–Crippen MR) is 74.5 cm³/mol. The molecule has 0 atom stereocenters. The molecule has 1 aromatic heterocycles. The Hall–Kier alpha value is -1.46. The molecule has 1 saturated heterocycles. The van der Waals surface area contributed by atoms with E-state index in [4.69, 9.17) is 5.73 Å². The molecule has 2 heterocycles. The van der Waals surface area contributed by atoms with E-state index in [0.29, 0.717) is 19.1 Å². The van der Waals surface area contributed by atoms with Gasteiger partial charge in [0.2, 0.25) is 5.91 Å². The molecule has 0 unspecified atom stereocenters. The fraction of sp³-hybridized carbons (Fsp3) is 0.571. The number of nitrogens with one attached hydrogen (secondary N) is 1. The molecule has 104 valence electrons. The highest BCUT2D eigenvalue weighted by molar-refractivity contribution is 5.78. The van der Waals surface area contributed by atoms with E-state index in [0.717, 1.165) is 37.1 Å². The zero-order valence-corrected chi connectivity index (χ0v) is 11.4. The van der Waals surface area contributed by atoms with E-state index < -0.39 is 0 Å². The van der Waals surface area contributed by atoms with Crippen molar-refractivity contribution in [2.45, 2.75) is 32.4 Å². The number of aryl methyl sites for hydroxylation is 1. The average Bonchev–Trinajstić information content (AvgIpc) is 2.40. The van der Waals surface area contributed by atoms with Crippen LogP contribution in [0.15, 0.2) is 18.5 Å². The van der Waals surface area contributed by atoms with Gasteiger partial charge >= 0.3 is 0 Å². The van der Waals surface area contributed by atoms with E-state index >= 15 is 0 Å². The highest BCUT2D eigenvalue weighted by Gasteiger charge is 2.17. The Morgan fingerprint density at radius 3 is 2.95 bits per heavy atom. The molecule has 3 N–H and O–H groups in total. The third kappa shape index (κ3) is 4.29. The largest absolute Gasteiger partial charge is 0.351 e. The second-order valence-electron chi connectivity index (χ2n) is 5.19. The van der Waals surface area contributed by atoms with Crippen LogP contribution >= 0.6 is 0 Å². The van der Waals surface area contributed by atoms with Gasteiger partial charge < -0.3 is 11.1 Å². The summed E-state index contributed by atoms with van der Waals surface area (Å²) in [7, 11) is 0. The highest BCUT2D eigenvalue weighted by atomic mass is 16.2. The summed E-state index contributed by atoms with van der Waals surface area (Å²) in [4.78, 5) is 18.1. The van der Waals surface area contributed by atoms with Crippen LogP contribution in [-0.2, 0) is 11.3 Å². The van der Waals surface area contributed by atoms with Crippen molar-refractivity contribution < 1.29 is 4.79 Å². The summed E-state index contributed by atoms with van der Waals surface area (Å²) >= 11 is 0. The quantitative estimate of drug-likeness (QED) is 0.825. The summed E-state index contributed by atoms with van der Waals surface area (Å²) in [6.07, 6.45) is 5.53.